The first-order valence-electron chi connectivity index (χ1n) is 9.92. The number of carbonyl (C=O) groups excluding carboxylic acids is 1. The number of rotatable bonds is 5. The van der Waals surface area contributed by atoms with Gasteiger partial charge in [0.05, 0.1) is 17.8 Å². The van der Waals surface area contributed by atoms with E-state index < -0.39 is 0 Å². The number of ether oxygens (including phenoxy) is 1. The lowest BCUT2D eigenvalue weighted by Crippen LogP contribution is -2.45. The fourth-order valence-electron chi connectivity index (χ4n) is 3.79. The molecule has 2 fully saturated rings. The molecule has 1 aromatic heterocycles. The lowest BCUT2D eigenvalue weighted by Gasteiger charge is -2.36. The Bertz CT molecular complexity index is 828. The van der Waals surface area contributed by atoms with Crippen molar-refractivity contribution in [3.8, 4) is 0 Å². The maximum Gasteiger partial charge on any atom is 0.255 e. The molecule has 1 aromatic carbocycles. The van der Waals surface area contributed by atoms with Crippen LogP contribution in [0.4, 0.5) is 10.2 Å². The molecule has 0 spiro atoms. The van der Waals surface area contributed by atoms with Crippen LogP contribution in [0, 0.1) is 5.82 Å². The standard InChI is InChI=1S/C22H26FN3O2/c1-15-12-25(13-16(2)28-15)21-10-7-17(11-24-21)22(27)26(19-8-9-19)14-18-5-3-4-6-20(18)23/h3-7,10-11,15-16,19H,8-9,12-14H2,1-2H3/t15-,16-/m1/s1. The zero-order valence-corrected chi connectivity index (χ0v) is 16.3. The van der Waals surface area contributed by atoms with Gasteiger partial charge in [0, 0.05) is 37.4 Å². The molecule has 148 valence electrons. The fourth-order valence-corrected chi connectivity index (χ4v) is 3.79. The molecule has 2 aliphatic rings. The van der Waals surface area contributed by atoms with Crippen LogP contribution in [-0.4, -0.2) is 47.1 Å². The minimum absolute atomic E-state index is 0.0893. The van der Waals surface area contributed by atoms with Gasteiger partial charge in [-0.15, -0.1) is 0 Å². The number of nitrogens with zero attached hydrogens (tertiary/aromatic N) is 3. The van der Waals surface area contributed by atoms with Crippen molar-refractivity contribution in [2.24, 2.45) is 0 Å². The molecule has 1 amide bonds. The number of hydrogen-bond donors (Lipinski definition) is 0. The topological polar surface area (TPSA) is 45.7 Å². The van der Waals surface area contributed by atoms with Crippen molar-refractivity contribution in [3.63, 3.8) is 0 Å². The van der Waals surface area contributed by atoms with Gasteiger partial charge in [0.2, 0.25) is 0 Å². The van der Waals surface area contributed by atoms with Crippen molar-refractivity contribution < 1.29 is 13.9 Å². The van der Waals surface area contributed by atoms with Gasteiger partial charge in [-0.25, -0.2) is 9.37 Å². The zero-order valence-electron chi connectivity index (χ0n) is 16.3. The first kappa shape index (κ1) is 18.9. The van der Waals surface area contributed by atoms with Gasteiger partial charge < -0.3 is 14.5 Å². The Morgan fingerprint density at radius 2 is 1.89 bits per heavy atom. The maximum absolute atomic E-state index is 14.1. The Hall–Kier alpha value is -2.47. The molecule has 5 nitrogen and oxygen atoms in total. The lowest BCUT2D eigenvalue weighted by atomic mass is 10.1. The van der Waals surface area contributed by atoms with Crippen LogP contribution < -0.4 is 4.90 Å². The first-order valence-corrected chi connectivity index (χ1v) is 9.92. The summed E-state index contributed by atoms with van der Waals surface area (Å²) in [5.41, 5.74) is 1.09. The predicted molar refractivity (Wildman–Crippen MR) is 106 cm³/mol. The summed E-state index contributed by atoms with van der Waals surface area (Å²) in [5, 5.41) is 0. The fraction of sp³-hybridized carbons (Fsp3) is 0.455. The zero-order chi connectivity index (χ0) is 19.7. The van der Waals surface area contributed by atoms with Crippen LogP contribution in [0.5, 0.6) is 0 Å². The number of carbonyl (C=O) groups is 1. The molecule has 0 N–H and O–H groups in total. The molecule has 28 heavy (non-hydrogen) atoms. The molecule has 6 heteroatoms. The summed E-state index contributed by atoms with van der Waals surface area (Å²) < 4.78 is 19.8. The first-order chi connectivity index (χ1) is 13.5. The largest absolute Gasteiger partial charge is 0.372 e. The number of amides is 1. The Balaban J connectivity index is 1.49. The third-order valence-corrected chi connectivity index (χ3v) is 5.29. The van der Waals surface area contributed by atoms with Crippen LogP contribution in [0.1, 0.15) is 42.6 Å². The summed E-state index contributed by atoms with van der Waals surface area (Å²) in [5.74, 6) is 0.490. The van der Waals surface area contributed by atoms with Crippen molar-refractivity contribution in [2.75, 3.05) is 18.0 Å². The molecule has 2 aromatic rings. The summed E-state index contributed by atoms with van der Waals surface area (Å²) in [6.07, 6.45) is 3.87. The quantitative estimate of drug-likeness (QED) is 0.791. The van der Waals surface area contributed by atoms with E-state index in [-0.39, 0.29) is 36.5 Å². The highest BCUT2D eigenvalue weighted by atomic mass is 19.1. The smallest absolute Gasteiger partial charge is 0.255 e. The highest BCUT2D eigenvalue weighted by molar-refractivity contribution is 5.94. The highest BCUT2D eigenvalue weighted by Gasteiger charge is 2.33. The van der Waals surface area contributed by atoms with Crippen LogP contribution in [0.3, 0.4) is 0 Å². The van der Waals surface area contributed by atoms with Crippen LogP contribution in [0.15, 0.2) is 42.6 Å². The molecule has 1 aliphatic carbocycles. The number of benzene rings is 1. The van der Waals surface area contributed by atoms with E-state index in [2.05, 4.69) is 23.7 Å². The summed E-state index contributed by atoms with van der Waals surface area (Å²) in [6, 6.07) is 10.5. The molecule has 0 bridgehead atoms. The SMILES string of the molecule is C[C@@H]1CN(c2ccc(C(=O)N(Cc3ccccc3F)C3CC3)cn2)C[C@@H](C)O1. The van der Waals surface area contributed by atoms with Gasteiger partial charge in [-0.05, 0) is 44.9 Å². The maximum atomic E-state index is 14.1. The third kappa shape index (κ3) is 4.17. The average Bonchev–Trinajstić information content (AvgIpc) is 3.51. The minimum Gasteiger partial charge on any atom is -0.372 e. The van der Waals surface area contributed by atoms with Crippen molar-refractivity contribution >= 4 is 11.7 Å². The normalized spacial score (nSPS) is 22.2. The monoisotopic (exact) mass is 383 g/mol. The summed E-state index contributed by atoms with van der Waals surface area (Å²) >= 11 is 0. The van der Waals surface area contributed by atoms with Crippen LogP contribution in [-0.2, 0) is 11.3 Å². The lowest BCUT2D eigenvalue weighted by molar-refractivity contribution is -0.00546. The number of halogens is 1. The number of pyridine rings is 1. The molecule has 0 unspecified atom stereocenters. The Morgan fingerprint density at radius 3 is 2.50 bits per heavy atom. The number of hydrogen-bond acceptors (Lipinski definition) is 4. The van der Waals surface area contributed by atoms with Crippen molar-refractivity contribution in [2.45, 2.75) is 51.5 Å². The number of aromatic nitrogens is 1. The van der Waals surface area contributed by atoms with E-state index >= 15 is 0 Å². The van der Waals surface area contributed by atoms with Gasteiger partial charge in [-0.2, -0.15) is 0 Å². The molecular formula is C22H26FN3O2. The average molecular weight is 383 g/mol. The second-order valence-corrected chi connectivity index (χ2v) is 7.82. The summed E-state index contributed by atoms with van der Waals surface area (Å²) in [6.45, 7) is 5.96. The molecule has 1 saturated heterocycles. The van der Waals surface area contributed by atoms with E-state index in [4.69, 9.17) is 4.74 Å². The third-order valence-electron chi connectivity index (χ3n) is 5.29. The van der Waals surface area contributed by atoms with Crippen molar-refractivity contribution in [3.05, 3.63) is 59.5 Å². The summed E-state index contributed by atoms with van der Waals surface area (Å²) in [7, 11) is 0. The van der Waals surface area contributed by atoms with Gasteiger partial charge >= 0.3 is 0 Å². The Kier molecular flexibility index (Phi) is 5.31. The molecule has 2 atom stereocenters. The number of anilines is 1. The van der Waals surface area contributed by atoms with E-state index in [1.54, 1.807) is 29.3 Å². The van der Waals surface area contributed by atoms with E-state index in [9.17, 15) is 9.18 Å². The van der Waals surface area contributed by atoms with Crippen LogP contribution in [0.2, 0.25) is 0 Å². The molecule has 1 aliphatic heterocycles. The van der Waals surface area contributed by atoms with Crippen molar-refractivity contribution in [1.29, 1.82) is 0 Å². The summed E-state index contributed by atoms with van der Waals surface area (Å²) in [4.78, 5) is 21.5. The van der Waals surface area contributed by atoms with Gasteiger partial charge in [0.1, 0.15) is 11.6 Å². The van der Waals surface area contributed by atoms with Crippen molar-refractivity contribution in [1.82, 2.24) is 9.88 Å². The Labute approximate surface area is 165 Å². The highest BCUT2D eigenvalue weighted by Crippen LogP contribution is 2.30. The molecule has 0 radical (unpaired) electrons. The number of morpholine rings is 1. The predicted octanol–water partition coefficient (Wildman–Crippen LogP) is 3.64. The van der Waals surface area contributed by atoms with Gasteiger partial charge in [-0.3, -0.25) is 4.79 Å². The minimum atomic E-state index is -0.273. The molecule has 4 rings (SSSR count). The van der Waals surface area contributed by atoms with Crippen LogP contribution >= 0.6 is 0 Å². The second kappa shape index (κ2) is 7.87. The second-order valence-electron chi connectivity index (χ2n) is 7.82. The van der Waals surface area contributed by atoms with Gasteiger partial charge in [0.25, 0.3) is 5.91 Å². The van der Waals surface area contributed by atoms with Gasteiger partial charge in [0.15, 0.2) is 0 Å². The van der Waals surface area contributed by atoms with E-state index in [1.165, 1.54) is 6.07 Å². The van der Waals surface area contributed by atoms with E-state index in [1.807, 2.05) is 12.1 Å². The van der Waals surface area contributed by atoms with Crippen LogP contribution in [0.25, 0.3) is 0 Å². The van der Waals surface area contributed by atoms with E-state index in [0.717, 1.165) is 31.7 Å². The van der Waals surface area contributed by atoms with E-state index in [0.29, 0.717) is 11.1 Å². The molecule has 1 saturated carbocycles. The van der Waals surface area contributed by atoms with Gasteiger partial charge in [-0.1, -0.05) is 18.2 Å². The molecular weight excluding hydrogens is 357 g/mol. The molecule has 2 heterocycles. The Morgan fingerprint density at radius 1 is 1.18 bits per heavy atom.